The maximum Gasteiger partial charge on any atom is 0.305 e. The lowest BCUT2D eigenvalue weighted by molar-refractivity contribution is -0.143. The molecule has 0 fully saturated rings. The molecule has 0 saturated carbocycles. The number of ether oxygens (including phenoxy) is 1. The van der Waals surface area contributed by atoms with Crippen LogP contribution in [-0.4, -0.2) is 47.4 Å². The van der Waals surface area contributed by atoms with Gasteiger partial charge in [-0.2, -0.15) is 0 Å². The molecule has 0 saturated heterocycles. The zero-order valence-corrected chi connectivity index (χ0v) is 42.1. The predicted molar refractivity (Wildman–Crippen MR) is 273 cm³/mol. The summed E-state index contributed by atoms with van der Waals surface area (Å²) in [5.41, 5.74) is 0. The minimum atomic E-state index is -0.852. The monoisotopic (exact) mass is 886 g/mol. The number of amides is 1. The molecule has 6 heteroatoms. The van der Waals surface area contributed by atoms with Crippen molar-refractivity contribution in [2.45, 2.75) is 302 Å². The largest absolute Gasteiger partial charge is 0.466 e. The second-order valence-corrected chi connectivity index (χ2v) is 18.9. The van der Waals surface area contributed by atoms with Crippen molar-refractivity contribution in [3.8, 4) is 0 Å². The first-order chi connectivity index (χ1) is 31.0. The summed E-state index contributed by atoms with van der Waals surface area (Å²) in [4.78, 5) is 24.5. The van der Waals surface area contributed by atoms with Crippen molar-refractivity contribution in [1.82, 2.24) is 5.32 Å². The maximum absolute atomic E-state index is 12.4. The molecule has 1 amide bonds. The molecule has 370 valence electrons. The molecule has 0 aliphatic rings. The van der Waals surface area contributed by atoms with Gasteiger partial charge in [0, 0.05) is 12.8 Å². The number of nitrogens with one attached hydrogen (secondary N) is 1. The van der Waals surface area contributed by atoms with Gasteiger partial charge >= 0.3 is 5.97 Å². The van der Waals surface area contributed by atoms with Gasteiger partial charge in [0.05, 0.1) is 25.4 Å². The van der Waals surface area contributed by atoms with E-state index in [9.17, 15) is 19.8 Å². The van der Waals surface area contributed by atoms with E-state index in [1.54, 1.807) is 6.08 Å². The molecule has 0 radical (unpaired) electrons. The highest BCUT2D eigenvalue weighted by Crippen LogP contribution is 2.16. The number of aliphatic hydroxyl groups is 2. The molecule has 0 aliphatic carbocycles. The first kappa shape index (κ1) is 61.1. The normalized spacial score (nSPS) is 12.9. The van der Waals surface area contributed by atoms with Gasteiger partial charge in [0.1, 0.15) is 0 Å². The van der Waals surface area contributed by atoms with E-state index in [0.717, 1.165) is 64.2 Å². The number of unbranched alkanes of at least 4 members (excludes halogenated alkanes) is 36. The molecular formula is C57H107NO5. The topological polar surface area (TPSA) is 95.9 Å². The van der Waals surface area contributed by atoms with Crippen LogP contribution in [0.2, 0.25) is 0 Å². The summed E-state index contributed by atoms with van der Waals surface area (Å²) in [6.07, 6.45) is 64.3. The Morgan fingerprint density at radius 2 is 0.794 bits per heavy atom. The number of carbonyl (C=O) groups excluding carboxylic acids is 2. The van der Waals surface area contributed by atoms with Gasteiger partial charge in [0.15, 0.2) is 0 Å². The van der Waals surface area contributed by atoms with Gasteiger partial charge in [0.25, 0.3) is 0 Å². The maximum atomic E-state index is 12.4. The van der Waals surface area contributed by atoms with Crippen LogP contribution in [0, 0.1) is 0 Å². The van der Waals surface area contributed by atoms with Crippen LogP contribution in [0.5, 0.6) is 0 Å². The molecule has 0 rings (SSSR count). The van der Waals surface area contributed by atoms with Gasteiger partial charge < -0.3 is 20.3 Å². The van der Waals surface area contributed by atoms with E-state index < -0.39 is 12.1 Å². The number of allylic oxidation sites excluding steroid dienone is 5. The van der Waals surface area contributed by atoms with Gasteiger partial charge in [-0.1, -0.05) is 249 Å². The standard InChI is InChI=1S/C57H107NO5/c1-3-5-7-9-11-13-15-17-19-21-25-29-33-37-41-45-49-55(60)54(53-59)58-56(61)50-46-42-38-34-30-26-23-24-28-32-36-40-44-48-52-63-57(62)51-47-43-39-35-31-27-22-20-18-16-14-12-10-8-6-4-2/h14,16,20,22,45,49,54-55,59-60H,3-13,15,17-19,21,23-44,46-48,50-53H2,1-2H3,(H,58,61)/b16-14-,22-20-,49-45+. The third kappa shape index (κ3) is 49.4. The Kier molecular flexibility index (Phi) is 51.1. The van der Waals surface area contributed by atoms with Crippen molar-refractivity contribution in [3.63, 3.8) is 0 Å². The van der Waals surface area contributed by atoms with E-state index in [1.165, 1.54) is 199 Å². The van der Waals surface area contributed by atoms with Gasteiger partial charge in [-0.15, -0.1) is 0 Å². The smallest absolute Gasteiger partial charge is 0.305 e. The molecule has 0 spiro atoms. The summed E-state index contributed by atoms with van der Waals surface area (Å²) in [5, 5.41) is 23.1. The lowest BCUT2D eigenvalue weighted by atomic mass is 10.0. The Labute approximate surface area is 392 Å². The van der Waals surface area contributed by atoms with Crippen LogP contribution < -0.4 is 5.32 Å². The molecule has 2 atom stereocenters. The Hall–Kier alpha value is -1.92. The van der Waals surface area contributed by atoms with E-state index >= 15 is 0 Å². The molecule has 0 aromatic carbocycles. The summed E-state index contributed by atoms with van der Waals surface area (Å²) in [5.74, 6) is -0.0956. The average molecular weight is 886 g/mol. The number of aliphatic hydroxyl groups excluding tert-OH is 2. The highest BCUT2D eigenvalue weighted by Gasteiger charge is 2.18. The Morgan fingerprint density at radius 3 is 1.22 bits per heavy atom. The second-order valence-electron chi connectivity index (χ2n) is 18.9. The summed E-state index contributed by atoms with van der Waals surface area (Å²) in [6, 6.07) is -0.637. The van der Waals surface area contributed by atoms with Crippen molar-refractivity contribution in [3.05, 3.63) is 36.5 Å². The molecule has 0 bridgehead atoms. The van der Waals surface area contributed by atoms with Crippen LogP contribution in [-0.2, 0) is 14.3 Å². The van der Waals surface area contributed by atoms with E-state index in [4.69, 9.17) is 4.74 Å². The Balaban J connectivity index is 3.48. The highest BCUT2D eigenvalue weighted by atomic mass is 16.5. The summed E-state index contributed by atoms with van der Waals surface area (Å²) in [6.45, 7) is 4.86. The van der Waals surface area contributed by atoms with E-state index in [0.29, 0.717) is 19.4 Å². The van der Waals surface area contributed by atoms with Gasteiger partial charge in [0.2, 0.25) is 5.91 Å². The molecule has 2 unspecified atom stereocenters. The van der Waals surface area contributed by atoms with Gasteiger partial charge in [-0.3, -0.25) is 9.59 Å². The summed E-state index contributed by atoms with van der Waals surface area (Å²) in [7, 11) is 0. The van der Waals surface area contributed by atoms with Crippen LogP contribution in [0.4, 0.5) is 0 Å². The van der Waals surface area contributed by atoms with Crippen LogP contribution in [0.1, 0.15) is 290 Å². The van der Waals surface area contributed by atoms with Crippen LogP contribution >= 0.6 is 0 Å². The molecule has 63 heavy (non-hydrogen) atoms. The Bertz CT molecular complexity index is 1020. The molecule has 0 heterocycles. The lowest BCUT2D eigenvalue weighted by Gasteiger charge is -2.20. The van der Waals surface area contributed by atoms with Crippen molar-refractivity contribution in [2.24, 2.45) is 0 Å². The summed E-state index contributed by atoms with van der Waals surface area (Å²) < 4.78 is 5.46. The van der Waals surface area contributed by atoms with Crippen LogP contribution in [0.15, 0.2) is 36.5 Å². The zero-order chi connectivity index (χ0) is 45.8. The first-order valence-electron chi connectivity index (χ1n) is 27.8. The summed E-state index contributed by atoms with van der Waals surface area (Å²) >= 11 is 0. The minimum absolute atomic E-state index is 0.0171. The van der Waals surface area contributed by atoms with E-state index in [1.807, 2.05) is 6.08 Å². The first-order valence-corrected chi connectivity index (χ1v) is 27.8. The quantitative estimate of drug-likeness (QED) is 0.0321. The van der Waals surface area contributed by atoms with Gasteiger partial charge in [-0.05, 0) is 64.2 Å². The Morgan fingerprint density at radius 1 is 0.444 bits per heavy atom. The third-order valence-corrected chi connectivity index (χ3v) is 12.7. The number of rotatable bonds is 51. The average Bonchev–Trinajstić information content (AvgIpc) is 3.28. The lowest BCUT2D eigenvalue weighted by Crippen LogP contribution is -2.45. The van der Waals surface area contributed by atoms with Crippen molar-refractivity contribution in [2.75, 3.05) is 13.2 Å². The molecule has 3 N–H and O–H groups in total. The van der Waals surface area contributed by atoms with E-state index in [-0.39, 0.29) is 18.5 Å². The molecule has 0 aromatic rings. The number of carbonyl (C=O) groups is 2. The zero-order valence-electron chi connectivity index (χ0n) is 42.1. The SMILES string of the molecule is CCCCCC/C=C\C/C=C\CCCCCCCC(=O)OCCCCCCCCCCCCCCCCC(=O)NC(CO)C(O)/C=C/CCCCCCCCCCCCCCCC. The molecule has 6 nitrogen and oxygen atoms in total. The number of hydrogen-bond donors (Lipinski definition) is 3. The minimum Gasteiger partial charge on any atom is -0.466 e. The van der Waals surface area contributed by atoms with Crippen molar-refractivity contribution >= 4 is 11.9 Å². The molecular weight excluding hydrogens is 779 g/mol. The number of hydrogen-bond acceptors (Lipinski definition) is 5. The van der Waals surface area contributed by atoms with Crippen LogP contribution in [0.25, 0.3) is 0 Å². The number of esters is 1. The fourth-order valence-electron chi connectivity index (χ4n) is 8.37. The third-order valence-electron chi connectivity index (χ3n) is 12.7. The second kappa shape index (κ2) is 52.7. The fourth-order valence-corrected chi connectivity index (χ4v) is 8.37. The fraction of sp³-hybridized carbons (Fsp3) is 0.860. The molecule has 0 aliphatic heterocycles. The van der Waals surface area contributed by atoms with Crippen molar-refractivity contribution < 1.29 is 24.5 Å². The van der Waals surface area contributed by atoms with E-state index in [2.05, 4.69) is 43.5 Å². The van der Waals surface area contributed by atoms with Gasteiger partial charge in [-0.25, -0.2) is 0 Å². The van der Waals surface area contributed by atoms with Crippen molar-refractivity contribution in [1.29, 1.82) is 0 Å². The highest BCUT2D eigenvalue weighted by molar-refractivity contribution is 5.76. The predicted octanol–water partition coefficient (Wildman–Crippen LogP) is 16.9. The van der Waals surface area contributed by atoms with Crippen LogP contribution in [0.3, 0.4) is 0 Å². The molecule has 0 aromatic heterocycles.